The lowest BCUT2D eigenvalue weighted by Crippen LogP contribution is -2.33. The summed E-state index contributed by atoms with van der Waals surface area (Å²) in [5, 5.41) is 21.2. The molecule has 0 radical (unpaired) electrons. The van der Waals surface area contributed by atoms with Crippen molar-refractivity contribution in [1.29, 1.82) is 0 Å². The minimum atomic E-state index is -1.17. The van der Waals surface area contributed by atoms with Gasteiger partial charge in [0.2, 0.25) is 5.91 Å². The smallest absolute Gasteiger partial charge is 0.337 e. The Morgan fingerprint density at radius 1 is 1.30 bits per heavy atom. The predicted octanol–water partition coefficient (Wildman–Crippen LogP) is 3.00. The SMILES string of the molecule is CCC1(C(=O)Nc2ccc(O)cc2C(=O)O)CCCC1. The van der Waals surface area contributed by atoms with Gasteiger partial charge in [0.05, 0.1) is 11.3 Å². The first-order chi connectivity index (χ1) is 9.48. The number of carbonyl (C=O) groups is 2. The lowest BCUT2D eigenvalue weighted by atomic mass is 9.82. The average Bonchev–Trinajstić information content (AvgIpc) is 2.90. The predicted molar refractivity (Wildman–Crippen MR) is 74.9 cm³/mol. The first-order valence-corrected chi connectivity index (χ1v) is 6.86. The van der Waals surface area contributed by atoms with Crippen molar-refractivity contribution < 1.29 is 19.8 Å². The minimum absolute atomic E-state index is 0.0948. The van der Waals surface area contributed by atoms with Gasteiger partial charge in [-0.1, -0.05) is 19.8 Å². The number of phenolic OH excluding ortho intramolecular Hbond substituents is 1. The number of hydrogen-bond acceptors (Lipinski definition) is 3. The second-order valence-electron chi connectivity index (χ2n) is 5.33. The summed E-state index contributed by atoms with van der Waals surface area (Å²) in [6, 6.07) is 3.94. The fourth-order valence-corrected chi connectivity index (χ4v) is 2.87. The zero-order valence-electron chi connectivity index (χ0n) is 11.5. The molecule has 0 unspecified atom stereocenters. The number of carboxylic acids is 1. The standard InChI is InChI=1S/C15H19NO4/c1-2-15(7-3-4-8-15)14(20)16-12-6-5-10(17)9-11(12)13(18)19/h5-6,9,17H,2-4,7-8H2,1H3,(H,16,20)(H,18,19). The van der Waals surface area contributed by atoms with Gasteiger partial charge in [-0.3, -0.25) is 4.79 Å². The number of hydrogen-bond donors (Lipinski definition) is 3. The highest BCUT2D eigenvalue weighted by Crippen LogP contribution is 2.42. The normalized spacial score (nSPS) is 16.9. The maximum Gasteiger partial charge on any atom is 0.337 e. The molecular weight excluding hydrogens is 258 g/mol. The lowest BCUT2D eigenvalue weighted by Gasteiger charge is -2.26. The number of amides is 1. The largest absolute Gasteiger partial charge is 0.508 e. The first-order valence-electron chi connectivity index (χ1n) is 6.86. The summed E-state index contributed by atoms with van der Waals surface area (Å²) >= 11 is 0. The Morgan fingerprint density at radius 2 is 1.95 bits per heavy atom. The Balaban J connectivity index is 2.25. The molecule has 5 heteroatoms. The van der Waals surface area contributed by atoms with Crippen molar-refractivity contribution >= 4 is 17.6 Å². The van der Waals surface area contributed by atoms with Crippen molar-refractivity contribution in [1.82, 2.24) is 0 Å². The van der Waals surface area contributed by atoms with Gasteiger partial charge in [0, 0.05) is 5.41 Å². The summed E-state index contributed by atoms with van der Waals surface area (Å²) in [5.41, 5.74) is -0.240. The van der Waals surface area contributed by atoms with Crippen LogP contribution in [0.4, 0.5) is 5.69 Å². The van der Waals surface area contributed by atoms with Crippen LogP contribution in [0, 0.1) is 5.41 Å². The zero-order valence-corrected chi connectivity index (χ0v) is 11.5. The summed E-state index contributed by atoms with van der Waals surface area (Å²) in [5.74, 6) is -1.43. The van der Waals surface area contributed by atoms with E-state index in [1.165, 1.54) is 12.1 Å². The van der Waals surface area contributed by atoms with E-state index in [-0.39, 0.29) is 28.3 Å². The van der Waals surface area contributed by atoms with Crippen LogP contribution in [0.3, 0.4) is 0 Å². The van der Waals surface area contributed by atoms with Crippen molar-refractivity contribution in [2.24, 2.45) is 5.41 Å². The number of nitrogens with one attached hydrogen (secondary N) is 1. The van der Waals surface area contributed by atoms with E-state index < -0.39 is 5.97 Å². The molecule has 0 heterocycles. The Morgan fingerprint density at radius 3 is 2.50 bits per heavy atom. The topological polar surface area (TPSA) is 86.6 Å². The van der Waals surface area contributed by atoms with Gasteiger partial charge in [-0.15, -0.1) is 0 Å². The molecule has 20 heavy (non-hydrogen) atoms. The van der Waals surface area contributed by atoms with Crippen LogP contribution < -0.4 is 5.32 Å². The van der Waals surface area contributed by atoms with Crippen LogP contribution in [0.1, 0.15) is 49.4 Å². The number of aromatic carboxylic acids is 1. The quantitative estimate of drug-likeness (QED) is 0.738. The Labute approximate surface area is 117 Å². The van der Waals surface area contributed by atoms with Gasteiger partial charge in [0.1, 0.15) is 5.75 Å². The van der Waals surface area contributed by atoms with Crippen LogP contribution in [0.25, 0.3) is 0 Å². The summed E-state index contributed by atoms with van der Waals surface area (Å²) < 4.78 is 0. The summed E-state index contributed by atoms with van der Waals surface area (Å²) in [6.07, 6.45) is 4.50. The van der Waals surface area contributed by atoms with E-state index in [2.05, 4.69) is 5.32 Å². The second-order valence-corrected chi connectivity index (χ2v) is 5.33. The van der Waals surface area contributed by atoms with Crippen molar-refractivity contribution in [3.8, 4) is 5.75 Å². The molecule has 1 fully saturated rings. The van der Waals surface area contributed by atoms with Crippen LogP contribution >= 0.6 is 0 Å². The van der Waals surface area contributed by atoms with Gasteiger partial charge >= 0.3 is 5.97 Å². The fraction of sp³-hybridized carbons (Fsp3) is 0.467. The van der Waals surface area contributed by atoms with Crippen molar-refractivity contribution in [3.05, 3.63) is 23.8 Å². The van der Waals surface area contributed by atoms with Gasteiger partial charge in [0.15, 0.2) is 0 Å². The van der Waals surface area contributed by atoms with E-state index >= 15 is 0 Å². The third kappa shape index (κ3) is 2.61. The molecule has 0 aliphatic heterocycles. The number of aromatic hydroxyl groups is 1. The molecule has 1 aliphatic rings. The van der Waals surface area contributed by atoms with E-state index in [4.69, 9.17) is 5.11 Å². The molecule has 0 bridgehead atoms. The van der Waals surface area contributed by atoms with Gasteiger partial charge < -0.3 is 15.5 Å². The number of benzene rings is 1. The molecule has 108 valence electrons. The summed E-state index contributed by atoms with van der Waals surface area (Å²) in [7, 11) is 0. The van der Waals surface area contributed by atoms with Crippen molar-refractivity contribution in [2.45, 2.75) is 39.0 Å². The molecule has 5 nitrogen and oxygen atoms in total. The van der Waals surface area contributed by atoms with Crippen LogP contribution in [0.15, 0.2) is 18.2 Å². The van der Waals surface area contributed by atoms with E-state index in [1.54, 1.807) is 0 Å². The van der Waals surface area contributed by atoms with E-state index in [1.807, 2.05) is 6.92 Å². The fourth-order valence-electron chi connectivity index (χ4n) is 2.87. The zero-order chi connectivity index (χ0) is 14.8. The number of phenols is 1. The Hall–Kier alpha value is -2.04. The van der Waals surface area contributed by atoms with Gasteiger partial charge in [-0.25, -0.2) is 4.79 Å². The molecule has 1 amide bonds. The van der Waals surface area contributed by atoms with E-state index in [0.29, 0.717) is 0 Å². The highest BCUT2D eigenvalue weighted by molar-refractivity contribution is 6.02. The molecule has 1 aromatic carbocycles. The van der Waals surface area contributed by atoms with Crippen molar-refractivity contribution in [2.75, 3.05) is 5.32 Å². The van der Waals surface area contributed by atoms with Crippen LogP contribution in [0.2, 0.25) is 0 Å². The maximum absolute atomic E-state index is 12.5. The molecule has 0 atom stereocenters. The summed E-state index contributed by atoms with van der Waals surface area (Å²) in [4.78, 5) is 23.6. The van der Waals surface area contributed by atoms with E-state index in [0.717, 1.165) is 38.2 Å². The molecule has 1 aliphatic carbocycles. The number of anilines is 1. The highest BCUT2D eigenvalue weighted by Gasteiger charge is 2.39. The third-order valence-electron chi connectivity index (χ3n) is 4.20. The molecule has 0 aromatic heterocycles. The van der Waals surface area contributed by atoms with E-state index in [9.17, 15) is 14.7 Å². The highest BCUT2D eigenvalue weighted by atomic mass is 16.4. The van der Waals surface area contributed by atoms with Crippen molar-refractivity contribution in [3.63, 3.8) is 0 Å². The molecule has 2 rings (SSSR count). The molecule has 0 saturated heterocycles. The Bertz CT molecular complexity index is 533. The van der Waals surface area contributed by atoms with Gasteiger partial charge in [-0.2, -0.15) is 0 Å². The third-order valence-corrected chi connectivity index (χ3v) is 4.20. The number of carboxylic acid groups (broad SMARTS) is 1. The number of carbonyl (C=O) groups excluding carboxylic acids is 1. The molecule has 0 spiro atoms. The minimum Gasteiger partial charge on any atom is -0.508 e. The average molecular weight is 277 g/mol. The molecule has 3 N–H and O–H groups in total. The van der Waals surface area contributed by atoms with Gasteiger partial charge in [0.25, 0.3) is 0 Å². The van der Waals surface area contributed by atoms with Gasteiger partial charge in [-0.05, 0) is 37.5 Å². The van der Waals surface area contributed by atoms with Crippen LogP contribution in [-0.2, 0) is 4.79 Å². The second kappa shape index (κ2) is 5.53. The number of rotatable bonds is 4. The van der Waals surface area contributed by atoms with Crippen LogP contribution in [0.5, 0.6) is 5.75 Å². The molecule has 1 aromatic rings. The maximum atomic E-state index is 12.5. The van der Waals surface area contributed by atoms with Crippen LogP contribution in [-0.4, -0.2) is 22.1 Å². The lowest BCUT2D eigenvalue weighted by molar-refractivity contribution is -0.125. The Kier molecular flexibility index (Phi) is 3.97. The first kappa shape index (κ1) is 14.4. The molecule has 1 saturated carbocycles. The molecular formula is C15H19NO4. The summed E-state index contributed by atoms with van der Waals surface area (Å²) in [6.45, 7) is 1.99. The monoisotopic (exact) mass is 277 g/mol.